The fraction of sp³-hybridized carbons (Fsp3) is 0.409. The molecule has 150 valence electrons. The van der Waals surface area contributed by atoms with Gasteiger partial charge in [-0.25, -0.2) is 13.1 Å². The lowest BCUT2D eigenvalue weighted by atomic mass is 9.87. The van der Waals surface area contributed by atoms with E-state index >= 15 is 0 Å². The van der Waals surface area contributed by atoms with Crippen molar-refractivity contribution in [3.05, 3.63) is 65.2 Å². The second-order valence-corrected chi connectivity index (χ2v) is 10.2. The van der Waals surface area contributed by atoms with Crippen LogP contribution in [0.4, 0.5) is 0 Å². The number of benzene rings is 2. The number of sulfonamides is 1. The topological polar surface area (TPSA) is 66.5 Å². The molecule has 1 aliphatic rings. The van der Waals surface area contributed by atoms with Crippen LogP contribution >= 0.6 is 0 Å². The zero-order valence-corrected chi connectivity index (χ0v) is 17.7. The minimum Gasteiger partial charge on any atom is -0.337 e. The molecule has 0 radical (unpaired) electrons. The predicted octanol–water partition coefficient (Wildman–Crippen LogP) is 3.70. The number of carbonyl (C=O) groups is 1. The van der Waals surface area contributed by atoms with E-state index in [1.165, 1.54) is 17.7 Å². The summed E-state index contributed by atoms with van der Waals surface area (Å²) in [5.41, 5.74) is 2.72. The van der Waals surface area contributed by atoms with Crippen molar-refractivity contribution < 1.29 is 13.2 Å². The van der Waals surface area contributed by atoms with Crippen LogP contribution in [0.25, 0.3) is 0 Å². The van der Waals surface area contributed by atoms with E-state index in [1.807, 2.05) is 12.1 Å². The SMILES string of the molecule is CN(Cc1ccc(C(C)(C)C)cc1)C(=O)c1cccc(S(=O)(=O)NC2CC2)c1. The lowest BCUT2D eigenvalue weighted by molar-refractivity contribution is 0.0785. The molecule has 0 heterocycles. The number of amides is 1. The minimum absolute atomic E-state index is 0.0306. The third-order valence-electron chi connectivity index (χ3n) is 4.88. The Balaban J connectivity index is 1.72. The van der Waals surface area contributed by atoms with Crippen molar-refractivity contribution in [1.82, 2.24) is 9.62 Å². The summed E-state index contributed by atoms with van der Waals surface area (Å²) < 4.78 is 27.4. The summed E-state index contributed by atoms with van der Waals surface area (Å²) in [5.74, 6) is -0.205. The minimum atomic E-state index is -3.58. The van der Waals surface area contributed by atoms with Crippen molar-refractivity contribution in [3.63, 3.8) is 0 Å². The van der Waals surface area contributed by atoms with Crippen LogP contribution in [-0.4, -0.2) is 32.3 Å². The number of rotatable bonds is 6. The second-order valence-electron chi connectivity index (χ2n) is 8.53. The van der Waals surface area contributed by atoms with Crippen LogP contribution in [-0.2, 0) is 22.0 Å². The van der Waals surface area contributed by atoms with Gasteiger partial charge in [-0.15, -0.1) is 0 Å². The van der Waals surface area contributed by atoms with Crippen LogP contribution in [0.2, 0.25) is 0 Å². The van der Waals surface area contributed by atoms with Gasteiger partial charge in [0.25, 0.3) is 5.91 Å². The summed E-state index contributed by atoms with van der Waals surface area (Å²) in [4.78, 5) is 14.5. The first-order chi connectivity index (χ1) is 13.1. The van der Waals surface area contributed by atoms with Crippen LogP contribution in [0.3, 0.4) is 0 Å². The molecule has 1 fully saturated rings. The highest BCUT2D eigenvalue weighted by molar-refractivity contribution is 7.89. The molecule has 0 atom stereocenters. The Labute approximate surface area is 167 Å². The average Bonchev–Trinajstić information content (AvgIpc) is 3.44. The molecule has 3 rings (SSSR count). The summed E-state index contributed by atoms with van der Waals surface area (Å²) >= 11 is 0. The molecule has 0 unspecified atom stereocenters. The van der Waals surface area contributed by atoms with Gasteiger partial charge in [0.15, 0.2) is 0 Å². The van der Waals surface area contributed by atoms with E-state index in [0.717, 1.165) is 18.4 Å². The Morgan fingerprint density at radius 3 is 2.32 bits per heavy atom. The molecule has 2 aromatic rings. The van der Waals surface area contributed by atoms with Gasteiger partial charge in [0.05, 0.1) is 4.90 Å². The van der Waals surface area contributed by atoms with Crippen LogP contribution in [0.1, 0.15) is 55.1 Å². The first kappa shape index (κ1) is 20.6. The molecule has 0 aliphatic heterocycles. The van der Waals surface area contributed by atoms with E-state index in [4.69, 9.17) is 0 Å². The number of carbonyl (C=O) groups excluding carboxylic acids is 1. The van der Waals surface area contributed by atoms with Crippen molar-refractivity contribution in [2.24, 2.45) is 0 Å². The second kappa shape index (κ2) is 7.68. The van der Waals surface area contributed by atoms with Crippen LogP contribution in [0, 0.1) is 0 Å². The predicted molar refractivity (Wildman–Crippen MR) is 111 cm³/mol. The molecule has 0 spiro atoms. The highest BCUT2D eigenvalue weighted by atomic mass is 32.2. The zero-order valence-electron chi connectivity index (χ0n) is 16.9. The van der Waals surface area contributed by atoms with E-state index in [-0.39, 0.29) is 22.3 Å². The lowest BCUT2D eigenvalue weighted by Crippen LogP contribution is -2.28. The quantitative estimate of drug-likeness (QED) is 0.804. The first-order valence-corrected chi connectivity index (χ1v) is 11.0. The lowest BCUT2D eigenvalue weighted by Gasteiger charge is -2.21. The maximum absolute atomic E-state index is 12.8. The molecular weight excluding hydrogens is 372 g/mol. The summed E-state index contributed by atoms with van der Waals surface area (Å²) in [6.07, 6.45) is 1.74. The third kappa shape index (κ3) is 5.00. The Bertz CT molecular complexity index is 956. The molecule has 28 heavy (non-hydrogen) atoms. The number of nitrogens with one attached hydrogen (secondary N) is 1. The summed E-state index contributed by atoms with van der Waals surface area (Å²) in [7, 11) is -1.85. The van der Waals surface area contributed by atoms with Crippen LogP contribution in [0.5, 0.6) is 0 Å². The highest BCUT2D eigenvalue weighted by Crippen LogP contribution is 2.24. The fourth-order valence-electron chi connectivity index (χ4n) is 2.96. The Morgan fingerprint density at radius 2 is 1.75 bits per heavy atom. The van der Waals surface area contributed by atoms with Crippen molar-refractivity contribution in [2.75, 3.05) is 7.05 Å². The monoisotopic (exact) mass is 400 g/mol. The molecule has 1 saturated carbocycles. The molecule has 2 aromatic carbocycles. The van der Waals surface area contributed by atoms with E-state index in [1.54, 1.807) is 24.1 Å². The molecule has 6 heteroatoms. The molecule has 0 aromatic heterocycles. The van der Waals surface area contributed by atoms with Gasteiger partial charge in [-0.2, -0.15) is 0 Å². The molecule has 1 amide bonds. The third-order valence-corrected chi connectivity index (χ3v) is 6.40. The maximum Gasteiger partial charge on any atom is 0.253 e. The molecule has 5 nitrogen and oxygen atoms in total. The maximum atomic E-state index is 12.8. The van der Waals surface area contributed by atoms with Gasteiger partial charge in [-0.1, -0.05) is 51.1 Å². The normalized spacial score (nSPS) is 14.7. The smallest absolute Gasteiger partial charge is 0.253 e. The molecule has 0 saturated heterocycles. The van der Waals surface area contributed by atoms with E-state index in [9.17, 15) is 13.2 Å². The Morgan fingerprint density at radius 1 is 1.11 bits per heavy atom. The van der Waals surface area contributed by atoms with Gasteiger partial charge in [0.2, 0.25) is 10.0 Å². The summed E-state index contributed by atoms with van der Waals surface area (Å²) in [6, 6.07) is 14.5. The molecule has 0 bridgehead atoms. The number of hydrogen-bond acceptors (Lipinski definition) is 3. The van der Waals surface area contributed by atoms with Gasteiger partial charge in [0, 0.05) is 25.2 Å². The molecular formula is C22H28N2O3S. The van der Waals surface area contributed by atoms with Gasteiger partial charge < -0.3 is 4.90 Å². The summed E-state index contributed by atoms with van der Waals surface area (Å²) in [5, 5.41) is 0. The van der Waals surface area contributed by atoms with E-state index < -0.39 is 10.0 Å². The molecule has 1 N–H and O–H groups in total. The fourth-order valence-corrected chi connectivity index (χ4v) is 4.31. The van der Waals surface area contributed by atoms with Crippen LogP contribution < -0.4 is 4.72 Å². The van der Waals surface area contributed by atoms with Crippen molar-refractivity contribution in [3.8, 4) is 0 Å². The van der Waals surface area contributed by atoms with E-state index in [0.29, 0.717) is 12.1 Å². The van der Waals surface area contributed by atoms with Crippen LogP contribution in [0.15, 0.2) is 53.4 Å². The Hall–Kier alpha value is -2.18. The van der Waals surface area contributed by atoms with Gasteiger partial charge in [0.1, 0.15) is 0 Å². The standard InChI is InChI=1S/C22H28N2O3S/c1-22(2,3)18-10-8-16(9-11-18)15-24(4)21(25)17-6-5-7-20(14-17)28(26,27)23-19-12-13-19/h5-11,14,19,23H,12-13,15H2,1-4H3. The van der Waals surface area contributed by atoms with Gasteiger partial charge >= 0.3 is 0 Å². The zero-order chi connectivity index (χ0) is 20.5. The number of nitrogens with zero attached hydrogens (tertiary/aromatic N) is 1. The van der Waals surface area contributed by atoms with Gasteiger partial charge in [-0.3, -0.25) is 4.79 Å². The highest BCUT2D eigenvalue weighted by Gasteiger charge is 2.28. The summed E-state index contributed by atoms with van der Waals surface area (Å²) in [6.45, 7) is 6.95. The molecule has 1 aliphatic carbocycles. The van der Waals surface area contributed by atoms with Gasteiger partial charge in [-0.05, 0) is 47.6 Å². The largest absolute Gasteiger partial charge is 0.337 e. The first-order valence-electron chi connectivity index (χ1n) is 9.53. The van der Waals surface area contributed by atoms with Crippen molar-refractivity contribution in [1.29, 1.82) is 0 Å². The Kier molecular flexibility index (Phi) is 5.64. The van der Waals surface area contributed by atoms with E-state index in [2.05, 4.69) is 37.6 Å². The van der Waals surface area contributed by atoms with Crippen molar-refractivity contribution >= 4 is 15.9 Å². The average molecular weight is 401 g/mol. The van der Waals surface area contributed by atoms with Crippen molar-refractivity contribution in [2.45, 2.75) is 56.5 Å². The number of hydrogen-bond donors (Lipinski definition) is 1.